The first-order valence-electron chi connectivity index (χ1n) is 15.2. The Bertz CT molecular complexity index is 1770. The van der Waals surface area contributed by atoms with Gasteiger partial charge >= 0.3 is 0 Å². The molecule has 242 valence electrons. The summed E-state index contributed by atoms with van der Waals surface area (Å²) in [5, 5.41) is 15.2. The monoisotopic (exact) mass is 671 g/mol. The van der Waals surface area contributed by atoms with Crippen molar-refractivity contribution in [2.75, 3.05) is 35.5 Å². The van der Waals surface area contributed by atoms with Gasteiger partial charge in [0, 0.05) is 42.5 Å². The van der Waals surface area contributed by atoms with Gasteiger partial charge in [0.25, 0.3) is 5.91 Å². The van der Waals surface area contributed by atoms with E-state index in [9.17, 15) is 18.5 Å². The number of nitrogens with zero attached hydrogens (tertiary/aromatic N) is 6. The fourth-order valence-corrected chi connectivity index (χ4v) is 7.97. The number of fused-ring (bicyclic) bond motifs is 1. The lowest BCUT2D eigenvalue weighted by Crippen LogP contribution is -2.45. The summed E-state index contributed by atoms with van der Waals surface area (Å²) < 4.78 is 34.9. The summed E-state index contributed by atoms with van der Waals surface area (Å²) in [6.45, 7) is 14.6. The van der Waals surface area contributed by atoms with Gasteiger partial charge in [0.05, 0.1) is 47.3 Å². The van der Waals surface area contributed by atoms with E-state index >= 15 is 0 Å². The van der Waals surface area contributed by atoms with Gasteiger partial charge in [-0.3, -0.25) is 9.52 Å². The Hall–Kier alpha value is -3.18. The molecule has 0 aliphatic carbocycles. The number of carbonyl (C=O) groups excluding carboxylic acids is 1. The largest absolute Gasteiger partial charge is 0.411 e. The number of likely N-dealkylation sites (tertiary alicyclic amines) is 1. The smallest absolute Gasteiger partial charge is 0.256 e. The maximum absolute atomic E-state index is 13.9. The number of halogens is 1. The van der Waals surface area contributed by atoms with Crippen LogP contribution in [-0.4, -0.2) is 74.1 Å². The average Bonchev–Trinajstić information content (AvgIpc) is 3.54. The molecule has 3 atom stereocenters. The van der Waals surface area contributed by atoms with E-state index in [1.54, 1.807) is 15.5 Å². The molecule has 2 saturated heterocycles. The van der Waals surface area contributed by atoms with Crippen molar-refractivity contribution in [2.45, 2.75) is 77.2 Å². The molecule has 0 radical (unpaired) electrons. The molecule has 1 aromatic carbocycles. The van der Waals surface area contributed by atoms with Gasteiger partial charge in [-0.15, -0.1) is 0 Å². The number of benzene rings is 1. The van der Waals surface area contributed by atoms with Crippen molar-refractivity contribution >= 4 is 53.0 Å². The summed E-state index contributed by atoms with van der Waals surface area (Å²) in [6.07, 6.45) is 5.24. The molecule has 2 aliphatic heterocycles. The Labute approximate surface area is 271 Å². The lowest BCUT2D eigenvalue weighted by molar-refractivity contribution is 0.0607. The minimum Gasteiger partial charge on any atom is -0.411 e. The lowest BCUT2D eigenvalue weighted by atomic mass is 9.98. The number of aromatic nitrogens is 3. The van der Waals surface area contributed by atoms with Crippen molar-refractivity contribution in [1.82, 2.24) is 19.5 Å². The van der Waals surface area contributed by atoms with Gasteiger partial charge in [-0.25, -0.2) is 17.9 Å². The molecule has 2 aliphatic rings. The van der Waals surface area contributed by atoms with E-state index in [1.807, 2.05) is 19.2 Å². The van der Waals surface area contributed by atoms with Crippen molar-refractivity contribution < 1.29 is 17.6 Å². The topological polar surface area (TPSA) is 133 Å². The fourth-order valence-electron chi connectivity index (χ4n) is 5.87. The molecule has 4 heterocycles. The Balaban J connectivity index is 1.43. The van der Waals surface area contributed by atoms with E-state index in [0.29, 0.717) is 42.4 Å². The minimum absolute atomic E-state index is 0.0362. The van der Waals surface area contributed by atoms with Crippen LogP contribution in [0, 0.1) is 24.2 Å². The molecule has 0 spiro atoms. The number of rotatable bonds is 7. The molecule has 1 N–H and O–H groups in total. The van der Waals surface area contributed by atoms with Crippen LogP contribution in [0.3, 0.4) is 0 Å². The van der Waals surface area contributed by atoms with Crippen molar-refractivity contribution in [2.24, 2.45) is 5.92 Å². The fraction of sp³-hybridized carbons (Fsp3) is 0.548. The van der Waals surface area contributed by atoms with E-state index in [0.717, 1.165) is 30.5 Å². The third-order valence-electron chi connectivity index (χ3n) is 9.22. The average molecular weight is 672 g/mol. The van der Waals surface area contributed by atoms with Crippen LogP contribution >= 0.6 is 11.6 Å². The molecule has 2 aromatic heterocycles. The van der Waals surface area contributed by atoms with Crippen molar-refractivity contribution in [3.8, 4) is 6.07 Å². The van der Waals surface area contributed by atoms with Gasteiger partial charge in [0.2, 0.25) is 10.0 Å². The number of hydrogen-bond donors (Lipinski definition) is 1. The van der Waals surface area contributed by atoms with Crippen LogP contribution in [0.2, 0.25) is 23.2 Å². The molecule has 2 unspecified atom stereocenters. The summed E-state index contributed by atoms with van der Waals surface area (Å²) >= 11 is 6.24. The Morgan fingerprint density at radius 2 is 1.93 bits per heavy atom. The lowest BCUT2D eigenvalue weighted by Gasteiger charge is -2.38. The number of amides is 1. The van der Waals surface area contributed by atoms with Gasteiger partial charge in [0.15, 0.2) is 14.0 Å². The van der Waals surface area contributed by atoms with Crippen LogP contribution in [-0.2, 0) is 14.4 Å². The number of hydrogen-bond acceptors (Lipinski definition) is 8. The van der Waals surface area contributed by atoms with Gasteiger partial charge in [0.1, 0.15) is 5.82 Å². The highest BCUT2D eigenvalue weighted by Gasteiger charge is 2.44. The number of nitriles is 1. The van der Waals surface area contributed by atoms with Crippen LogP contribution < -0.4 is 9.62 Å². The molecular weight excluding hydrogens is 630 g/mol. The zero-order valence-corrected chi connectivity index (χ0v) is 29.5. The minimum atomic E-state index is -3.62. The summed E-state index contributed by atoms with van der Waals surface area (Å²) in [7, 11) is -5.69. The molecule has 3 aromatic rings. The predicted octanol–water partition coefficient (Wildman–Crippen LogP) is 5.78. The highest BCUT2D eigenvalue weighted by Crippen LogP contribution is 2.40. The Kier molecular flexibility index (Phi) is 9.00. The summed E-state index contributed by atoms with van der Waals surface area (Å²) in [4.78, 5) is 22.8. The summed E-state index contributed by atoms with van der Waals surface area (Å²) in [5.41, 5.74) is 2.66. The zero-order valence-electron chi connectivity index (χ0n) is 27.0. The second-order valence-electron chi connectivity index (χ2n) is 13.8. The zero-order chi connectivity index (χ0) is 32.9. The van der Waals surface area contributed by atoms with Gasteiger partial charge in [-0.2, -0.15) is 10.4 Å². The second kappa shape index (κ2) is 12.2. The highest BCUT2D eigenvalue weighted by atomic mass is 35.5. The van der Waals surface area contributed by atoms with E-state index in [-0.39, 0.29) is 40.3 Å². The van der Waals surface area contributed by atoms with Crippen LogP contribution in [0.5, 0.6) is 0 Å². The van der Waals surface area contributed by atoms with Crippen LogP contribution in [0.4, 0.5) is 11.5 Å². The summed E-state index contributed by atoms with van der Waals surface area (Å²) in [5.74, 6) is 0.220. The van der Waals surface area contributed by atoms with Crippen LogP contribution in [0.15, 0.2) is 30.5 Å². The van der Waals surface area contributed by atoms with Crippen molar-refractivity contribution in [3.63, 3.8) is 0 Å². The molecule has 2 fully saturated rings. The van der Waals surface area contributed by atoms with Crippen molar-refractivity contribution in [3.05, 3.63) is 52.3 Å². The number of sulfonamides is 1. The number of carbonyl (C=O) groups is 1. The standard InChI is InChI=1S/C31H42ClN7O4SSi/c1-20-17-39-28(34-29(20)37-18-21(16-33)27(19-37)43-45(6,7)31(2,3)4)15-25(35-39)26-10-8-9-13-38(26)30(40)23-14-22(32)11-12-24(23)36-44(5,41)42/h11-12,14-15,17,21,26-27,36H,8-10,13,18-19H2,1-7H3/t21?,26-,27?/m0/s1. The SMILES string of the molecule is Cc1cn2nc([C@@H]3CCCCN3C(=O)c3cc(Cl)ccc3NS(C)(=O)=O)cc2nc1N1CC(C#N)C(O[Si](C)(C)C(C)(C)C)C1. The number of aryl methyl sites for hydroxylation is 1. The molecule has 1 amide bonds. The van der Waals surface area contributed by atoms with Gasteiger partial charge in [-0.05, 0) is 62.5 Å². The Morgan fingerprint density at radius 1 is 1.20 bits per heavy atom. The molecule has 11 nitrogen and oxygen atoms in total. The van der Waals surface area contributed by atoms with Crippen molar-refractivity contribution in [1.29, 1.82) is 5.26 Å². The molecule has 0 saturated carbocycles. The number of nitrogens with one attached hydrogen (secondary N) is 1. The predicted molar refractivity (Wildman–Crippen MR) is 179 cm³/mol. The van der Waals surface area contributed by atoms with E-state index in [2.05, 4.69) is 49.6 Å². The third-order valence-corrected chi connectivity index (χ3v) is 14.6. The van der Waals surface area contributed by atoms with Crippen LogP contribution in [0.25, 0.3) is 5.65 Å². The molecule has 45 heavy (non-hydrogen) atoms. The highest BCUT2D eigenvalue weighted by molar-refractivity contribution is 7.92. The number of anilines is 2. The van der Waals surface area contributed by atoms with Gasteiger partial charge < -0.3 is 14.2 Å². The van der Waals surface area contributed by atoms with Gasteiger partial charge in [-0.1, -0.05) is 32.4 Å². The summed E-state index contributed by atoms with van der Waals surface area (Å²) in [6, 6.07) is 8.61. The quantitative estimate of drug-likeness (QED) is 0.313. The maximum Gasteiger partial charge on any atom is 0.256 e. The first-order chi connectivity index (χ1) is 21.0. The van der Waals surface area contributed by atoms with Crippen LogP contribution in [0.1, 0.15) is 67.7 Å². The Morgan fingerprint density at radius 3 is 2.60 bits per heavy atom. The molecular formula is C31H42ClN7O4SSi. The molecule has 14 heteroatoms. The normalized spacial score (nSPS) is 21.3. The van der Waals surface area contributed by atoms with E-state index in [4.69, 9.17) is 26.1 Å². The molecule has 0 bridgehead atoms. The van der Waals surface area contributed by atoms with E-state index in [1.165, 1.54) is 12.1 Å². The number of piperidine rings is 1. The third kappa shape index (κ3) is 6.99. The first-order valence-corrected chi connectivity index (χ1v) is 20.4. The first kappa shape index (κ1) is 33.2. The van der Waals surface area contributed by atoms with E-state index < -0.39 is 18.3 Å². The maximum atomic E-state index is 13.9. The molecule has 5 rings (SSSR count). The second-order valence-corrected chi connectivity index (χ2v) is 20.7.